The second-order valence-corrected chi connectivity index (χ2v) is 11.8. The van der Waals surface area contributed by atoms with Crippen molar-refractivity contribution in [1.82, 2.24) is 0 Å². The Morgan fingerprint density at radius 1 is 0.348 bits per heavy atom. The van der Waals surface area contributed by atoms with Crippen LogP contribution in [0.1, 0.15) is 0 Å². The number of furan rings is 1. The van der Waals surface area contributed by atoms with Gasteiger partial charge in [-0.2, -0.15) is 0 Å². The van der Waals surface area contributed by atoms with Gasteiger partial charge in [0.05, 0.1) is 5.69 Å². The highest BCUT2D eigenvalue weighted by atomic mass is 16.3. The van der Waals surface area contributed by atoms with Gasteiger partial charge in [-0.3, -0.25) is 0 Å². The zero-order valence-electron chi connectivity index (χ0n) is 25.1. The Hall–Kier alpha value is -6.12. The largest absolute Gasteiger partial charge is 0.456 e. The van der Waals surface area contributed by atoms with Gasteiger partial charge < -0.3 is 9.32 Å². The number of rotatable bonds is 5. The number of anilines is 3. The lowest BCUT2D eigenvalue weighted by Gasteiger charge is -2.28. The van der Waals surface area contributed by atoms with Gasteiger partial charge in [0.25, 0.3) is 0 Å². The fourth-order valence-corrected chi connectivity index (χ4v) is 6.74. The number of para-hydroxylation sites is 1. The molecule has 0 saturated heterocycles. The van der Waals surface area contributed by atoms with E-state index >= 15 is 0 Å². The maximum atomic E-state index is 6.30. The van der Waals surface area contributed by atoms with Crippen LogP contribution >= 0.6 is 0 Å². The summed E-state index contributed by atoms with van der Waals surface area (Å²) in [6.07, 6.45) is 0. The van der Waals surface area contributed by atoms with Crippen LogP contribution in [0.5, 0.6) is 0 Å². The molecular weight excluding hydrogens is 558 g/mol. The highest BCUT2D eigenvalue weighted by molar-refractivity contribution is 6.14. The molecule has 1 aromatic heterocycles. The average molecular weight is 588 g/mol. The summed E-state index contributed by atoms with van der Waals surface area (Å²) < 4.78 is 6.30. The van der Waals surface area contributed by atoms with Crippen molar-refractivity contribution in [3.63, 3.8) is 0 Å². The van der Waals surface area contributed by atoms with E-state index in [4.69, 9.17) is 4.42 Å². The maximum Gasteiger partial charge on any atom is 0.135 e. The summed E-state index contributed by atoms with van der Waals surface area (Å²) in [6, 6.07) is 62.8. The van der Waals surface area contributed by atoms with Crippen LogP contribution < -0.4 is 4.90 Å². The molecule has 0 N–H and O–H groups in total. The van der Waals surface area contributed by atoms with Gasteiger partial charge in [-0.05, 0) is 86.6 Å². The Morgan fingerprint density at radius 3 is 1.85 bits per heavy atom. The van der Waals surface area contributed by atoms with Crippen LogP contribution in [0.25, 0.3) is 65.7 Å². The van der Waals surface area contributed by atoms with Crippen LogP contribution in [-0.4, -0.2) is 0 Å². The fourth-order valence-electron chi connectivity index (χ4n) is 6.74. The maximum absolute atomic E-state index is 6.30. The number of benzene rings is 8. The summed E-state index contributed by atoms with van der Waals surface area (Å²) in [7, 11) is 0. The first-order valence-corrected chi connectivity index (χ1v) is 15.7. The third-order valence-electron chi connectivity index (χ3n) is 9.01. The van der Waals surface area contributed by atoms with Gasteiger partial charge in [-0.1, -0.05) is 127 Å². The van der Waals surface area contributed by atoms with E-state index in [0.717, 1.165) is 39.4 Å². The molecule has 9 rings (SSSR count). The van der Waals surface area contributed by atoms with Gasteiger partial charge in [0.15, 0.2) is 0 Å². The van der Waals surface area contributed by atoms with E-state index in [1.807, 2.05) is 18.2 Å². The highest BCUT2D eigenvalue weighted by Gasteiger charge is 2.19. The SMILES string of the molecule is c1cc(-c2cc3ccccc3o2)cc(N(c2ccc(-c3ccc4ccccc4c3)cc2)c2cc3ccccc3c3ccccc23)c1. The van der Waals surface area contributed by atoms with Crippen molar-refractivity contribution in [2.45, 2.75) is 0 Å². The van der Waals surface area contributed by atoms with Crippen LogP contribution in [0.15, 0.2) is 180 Å². The zero-order valence-corrected chi connectivity index (χ0v) is 25.1. The van der Waals surface area contributed by atoms with E-state index in [1.165, 1.54) is 43.4 Å². The van der Waals surface area contributed by atoms with Gasteiger partial charge in [0.1, 0.15) is 11.3 Å². The quantitative estimate of drug-likeness (QED) is 0.186. The smallest absolute Gasteiger partial charge is 0.135 e. The summed E-state index contributed by atoms with van der Waals surface area (Å²) in [5, 5.41) is 8.50. The number of fused-ring (bicyclic) bond motifs is 5. The van der Waals surface area contributed by atoms with Gasteiger partial charge in [0.2, 0.25) is 0 Å². The summed E-state index contributed by atoms with van der Waals surface area (Å²) in [5.41, 5.74) is 7.62. The van der Waals surface area contributed by atoms with E-state index < -0.39 is 0 Å². The Bertz CT molecular complexity index is 2510. The summed E-state index contributed by atoms with van der Waals surface area (Å²) in [6.45, 7) is 0. The lowest BCUT2D eigenvalue weighted by atomic mass is 9.98. The molecular formula is C44H29NO. The standard InChI is InChI=1S/C44H29NO/c1-2-11-32-26-33(21-20-30(32)10-1)31-22-24-37(25-23-31)45(42-28-34-12-3-5-16-39(34)40-17-6-7-18-41(40)42)38-15-9-14-35(27-38)44-29-36-13-4-8-19-43(36)46-44/h1-29H. The zero-order chi connectivity index (χ0) is 30.5. The van der Waals surface area contributed by atoms with E-state index in [0.29, 0.717) is 0 Å². The molecule has 0 bridgehead atoms. The molecule has 0 amide bonds. The number of nitrogens with zero attached hydrogens (tertiary/aromatic N) is 1. The molecule has 216 valence electrons. The van der Waals surface area contributed by atoms with Gasteiger partial charge >= 0.3 is 0 Å². The third kappa shape index (κ3) is 4.51. The van der Waals surface area contributed by atoms with E-state index in [9.17, 15) is 0 Å². The van der Waals surface area contributed by atoms with E-state index in [1.54, 1.807) is 0 Å². The lowest BCUT2D eigenvalue weighted by Crippen LogP contribution is -2.10. The number of hydrogen-bond acceptors (Lipinski definition) is 2. The molecule has 0 aliphatic rings. The molecule has 1 heterocycles. The summed E-state index contributed by atoms with van der Waals surface area (Å²) >= 11 is 0. The molecule has 0 spiro atoms. The monoisotopic (exact) mass is 587 g/mol. The number of hydrogen-bond donors (Lipinski definition) is 0. The van der Waals surface area contributed by atoms with E-state index in [-0.39, 0.29) is 0 Å². The molecule has 0 saturated carbocycles. The second kappa shape index (κ2) is 10.8. The molecule has 0 aliphatic carbocycles. The molecule has 2 heteroatoms. The minimum atomic E-state index is 0.859. The van der Waals surface area contributed by atoms with Crippen LogP contribution in [0.4, 0.5) is 17.1 Å². The van der Waals surface area contributed by atoms with E-state index in [2.05, 4.69) is 163 Å². The van der Waals surface area contributed by atoms with Crippen molar-refractivity contribution in [3.8, 4) is 22.5 Å². The minimum absolute atomic E-state index is 0.859. The van der Waals surface area contributed by atoms with Crippen LogP contribution in [-0.2, 0) is 0 Å². The highest BCUT2D eigenvalue weighted by Crippen LogP contribution is 2.43. The summed E-state index contributed by atoms with van der Waals surface area (Å²) in [5.74, 6) is 0.859. The van der Waals surface area contributed by atoms with Crippen molar-refractivity contribution >= 4 is 60.3 Å². The lowest BCUT2D eigenvalue weighted by molar-refractivity contribution is 0.631. The van der Waals surface area contributed by atoms with Gasteiger partial charge in [-0.25, -0.2) is 0 Å². The molecule has 46 heavy (non-hydrogen) atoms. The minimum Gasteiger partial charge on any atom is -0.456 e. The first-order chi connectivity index (χ1) is 22.8. The second-order valence-electron chi connectivity index (χ2n) is 11.8. The molecule has 0 radical (unpaired) electrons. The van der Waals surface area contributed by atoms with Crippen LogP contribution in [0.2, 0.25) is 0 Å². The van der Waals surface area contributed by atoms with Gasteiger partial charge in [0, 0.05) is 27.7 Å². The molecule has 0 aliphatic heterocycles. The normalized spacial score (nSPS) is 11.5. The van der Waals surface area contributed by atoms with Crippen molar-refractivity contribution in [1.29, 1.82) is 0 Å². The van der Waals surface area contributed by atoms with Crippen molar-refractivity contribution in [2.24, 2.45) is 0 Å². The molecule has 9 aromatic rings. The molecule has 0 atom stereocenters. The average Bonchev–Trinajstić information content (AvgIpc) is 3.57. The predicted molar refractivity (Wildman–Crippen MR) is 194 cm³/mol. The first kappa shape index (κ1) is 26.3. The Labute approximate surface area is 267 Å². The first-order valence-electron chi connectivity index (χ1n) is 15.7. The van der Waals surface area contributed by atoms with Crippen molar-refractivity contribution in [2.75, 3.05) is 4.90 Å². The van der Waals surface area contributed by atoms with Crippen molar-refractivity contribution in [3.05, 3.63) is 176 Å². The Kier molecular flexibility index (Phi) is 6.17. The topological polar surface area (TPSA) is 16.4 Å². The third-order valence-corrected chi connectivity index (χ3v) is 9.01. The molecule has 0 fully saturated rings. The Morgan fingerprint density at radius 2 is 1.02 bits per heavy atom. The Balaban J connectivity index is 1.23. The van der Waals surface area contributed by atoms with Crippen molar-refractivity contribution < 1.29 is 4.42 Å². The molecule has 2 nitrogen and oxygen atoms in total. The molecule has 8 aromatic carbocycles. The molecule has 0 unspecified atom stereocenters. The fraction of sp³-hybridized carbons (Fsp3) is 0. The van der Waals surface area contributed by atoms with Crippen LogP contribution in [0, 0.1) is 0 Å². The predicted octanol–water partition coefficient (Wildman–Crippen LogP) is 12.7. The summed E-state index contributed by atoms with van der Waals surface area (Å²) in [4.78, 5) is 2.38. The van der Waals surface area contributed by atoms with Crippen LogP contribution in [0.3, 0.4) is 0 Å². The van der Waals surface area contributed by atoms with Gasteiger partial charge in [-0.15, -0.1) is 0 Å².